The van der Waals surface area contributed by atoms with Gasteiger partial charge in [-0.3, -0.25) is 19.5 Å². The van der Waals surface area contributed by atoms with Crippen molar-refractivity contribution in [3.05, 3.63) is 65.5 Å². The standard InChI is InChI=1S/C21H23F3N4O2/c22-21(23,24)18-3-1-2-16(14-18)15-27-10-12-28(13-11-27)19(29)6-9-26-20(30)17-4-7-25-8-5-17/h1-5,7-8,14H,6,9-13,15H2,(H,26,30). The molecule has 1 aromatic heterocycles. The molecule has 0 spiro atoms. The van der Waals surface area contributed by atoms with Gasteiger partial charge in [0.1, 0.15) is 0 Å². The summed E-state index contributed by atoms with van der Waals surface area (Å²) in [5, 5.41) is 2.71. The van der Waals surface area contributed by atoms with Crippen molar-refractivity contribution in [1.82, 2.24) is 20.1 Å². The van der Waals surface area contributed by atoms with Gasteiger partial charge in [0.05, 0.1) is 5.56 Å². The smallest absolute Gasteiger partial charge is 0.352 e. The number of piperazine rings is 1. The lowest BCUT2D eigenvalue weighted by molar-refractivity contribution is -0.137. The number of carbonyl (C=O) groups excluding carboxylic acids is 2. The number of halogens is 3. The Labute approximate surface area is 172 Å². The number of aromatic nitrogens is 1. The van der Waals surface area contributed by atoms with Crippen molar-refractivity contribution in [1.29, 1.82) is 0 Å². The van der Waals surface area contributed by atoms with E-state index in [-0.39, 0.29) is 24.8 Å². The largest absolute Gasteiger partial charge is 0.416 e. The van der Waals surface area contributed by atoms with Crippen molar-refractivity contribution in [2.45, 2.75) is 19.1 Å². The molecule has 0 saturated carbocycles. The average Bonchev–Trinajstić information content (AvgIpc) is 2.74. The fourth-order valence-electron chi connectivity index (χ4n) is 3.31. The van der Waals surface area contributed by atoms with Crippen LogP contribution in [0.15, 0.2) is 48.8 Å². The third-order valence-electron chi connectivity index (χ3n) is 4.95. The molecule has 1 aromatic carbocycles. The minimum absolute atomic E-state index is 0.0521. The summed E-state index contributed by atoms with van der Waals surface area (Å²) in [7, 11) is 0. The molecule has 160 valence electrons. The van der Waals surface area contributed by atoms with Crippen molar-refractivity contribution in [3.8, 4) is 0 Å². The number of rotatable bonds is 6. The Morgan fingerprint density at radius 3 is 2.40 bits per heavy atom. The zero-order valence-corrected chi connectivity index (χ0v) is 16.4. The first-order valence-corrected chi connectivity index (χ1v) is 9.67. The second kappa shape index (κ2) is 9.71. The molecule has 2 amide bonds. The average molecular weight is 420 g/mol. The van der Waals surface area contributed by atoms with Crippen molar-refractivity contribution in [2.24, 2.45) is 0 Å². The molecule has 3 rings (SSSR count). The third-order valence-corrected chi connectivity index (χ3v) is 4.95. The molecule has 6 nitrogen and oxygen atoms in total. The molecule has 1 saturated heterocycles. The van der Waals surface area contributed by atoms with Gasteiger partial charge in [0, 0.05) is 63.6 Å². The first-order valence-electron chi connectivity index (χ1n) is 9.67. The molecule has 0 atom stereocenters. The van der Waals surface area contributed by atoms with E-state index in [1.807, 2.05) is 4.90 Å². The monoisotopic (exact) mass is 420 g/mol. The van der Waals surface area contributed by atoms with Gasteiger partial charge in [-0.1, -0.05) is 18.2 Å². The maximum Gasteiger partial charge on any atom is 0.416 e. The highest BCUT2D eigenvalue weighted by Crippen LogP contribution is 2.29. The number of amides is 2. The van der Waals surface area contributed by atoms with E-state index >= 15 is 0 Å². The first-order chi connectivity index (χ1) is 14.3. The zero-order chi connectivity index (χ0) is 21.6. The Morgan fingerprint density at radius 1 is 1.03 bits per heavy atom. The number of benzene rings is 1. The molecular weight excluding hydrogens is 397 g/mol. The SMILES string of the molecule is O=C(NCCC(=O)N1CCN(Cc2cccc(C(F)(F)F)c2)CC1)c1ccncc1. The maximum atomic E-state index is 12.8. The van der Waals surface area contributed by atoms with E-state index in [9.17, 15) is 22.8 Å². The molecule has 0 bridgehead atoms. The predicted molar refractivity (Wildman–Crippen MR) is 104 cm³/mol. The topological polar surface area (TPSA) is 65.5 Å². The first kappa shape index (κ1) is 21.8. The fraction of sp³-hybridized carbons (Fsp3) is 0.381. The van der Waals surface area contributed by atoms with Crippen LogP contribution in [0.25, 0.3) is 0 Å². The quantitative estimate of drug-likeness (QED) is 0.780. The number of hydrogen-bond donors (Lipinski definition) is 1. The van der Waals surface area contributed by atoms with Crippen molar-refractivity contribution < 1.29 is 22.8 Å². The fourth-order valence-corrected chi connectivity index (χ4v) is 3.31. The van der Waals surface area contributed by atoms with Crippen LogP contribution in [-0.2, 0) is 17.5 Å². The van der Waals surface area contributed by atoms with Gasteiger partial charge in [0.25, 0.3) is 5.91 Å². The second-order valence-corrected chi connectivity index (χ2v) is 7.10. The van der Waals surface area contributed by atoms with Crippen molar-refractivity contribution in [3.63, 3.8) is 0 Å². The van der Waals surface area contributed by atoms with E-state index in [0.29, 0.717) is 43.9 Å². The van der Waals surface area contributed by atoms with Crippen LogP contribution in [0.2, 0.25) is 0 Å². The molecule has 2 heterocycles. The number of alkyl halides is 3. The lowest BCUT2D eigenvalue weighted by atomic mass is 10.1. The Hall–Kier alpha value is -2.94. The Bertz CT molecular complexity index is 866. The Balaban J connectivity index is 1.41. The summed E-state index contributed by atoms with van der Waals surface area (Å²) in [4.78, 5) is 31.9. The normalized spacial score (nSPS) is 15.1. The maximum absolute atomic E-state index is 12.8. The van der Waals surface area contributed by atoms with Gasteiger partial charge in [0.15, 0.2) is 0 Å². The van der Waals surface area contributed by atoms with Crippen LogP contribution in [0.5, 0.6) is 0 Å². The van der Waals surface area contributed by atoms with Gasteiger partial charge in [-0.15, -0.1) is 0 Å². The summed E-state index contributed by atoms with van der Waals surface area (Å²) in [5.74, 6) is -0.306. The minimum atomic E-state index is -4.35. The summed E-state index contributed by atoms with van der Waals surface area (Å²) < 4.78 is 38.5. The molecule has 1 aliphatic rings. The van der Waals surface area contributed by atoms with Gasteiger partial charge in [-0.05, 0) is 23.8 Å². The van der Waals surface area contributed by atoms with Crippen LogP contribution in [0.3, 0.4) is 0 Å². The number of nitrogens with one attached hydrogen (secondary N) is 1. The molecule has 1 N–H and O–H groups in total. The molecule has 0 radical (unpaired) electrons. The van der Waals surface area contributed by atoms with Crippen molar-refractivity contribution >= 4 is 11.8 Å². The van der Waals surface area contributed by atoms with E-state index in [1.54, 1.807) is 23.1 Å². The number of nitrogens with zero attached hydrogens (tertiary/aromatic N) is 3. The van der Waals surface area contributed by atoms with E-state index in [1.165, 1.54) is 24.5 Å². The Morgan fingerprint density at radius 2 is 1.73 bits per heavy atom. The molecule has 2 aromatic rings. The van der Waals surface area contributed by atoms with Crippen LogP contribution in [-0.4, -0.2) is 59.3 Å². The summed E-state index contributed by atoms with van der Waals surface area (Å²) in [6.07, 6.45) is -1.10. The van der Waals surface area contributed by atoms with Crippen LogP contribution in [0, 0.1) is 0 Å². The van der Waals surface area contributed by atoms with Crippen LogP contribution >= 0.6 is 0 Å². The van der Waals surface area contributed by atoms with Gasteiger partial charge < -0.3 is 10.2 Å². The zero-order valence-electron chi connectivity index (χ0n) is 16.4. The second-order valence-electron chi connectivity index (χ2n) is 7.10. The van der Waals surface area contributed by atoms with Crippen molar-refractivity contribution in [2.75, 3.05) is 32.7 Å². The van der Waals surface area contributed by atoms with E-state index in [4.69, 9.17) is 0 Å². The Kier molecular flexibility index (Phi) is 7.04. The minimum Gasteiger partial charge on any atom is -0.352 e. The highest BCUT2D eigenvalue weighted by atomic mass is 19.4. The summed E-state index contributed by atoms with van der Waals surface area (Å²) >= 11 is 0. The molecule has 1 fully saturated rings. The van der Waals surface area contributed by atoms with Crippen LogP contribution in [0.4, 0.5) is 13.2 Å². The van der Waals surface area contributed by atoms with E-state index < -0.39 is 11.7 Å². The number of pyridine rings is 1. The molecule has 9 heteroatoms. The molecule has 0 unspecified atom stereocenters. The van der Waals surface area contributed by atoms with Gasteiger partial charge >= 0.3 is 6.18 Å². The lowest BCUT2D eigenvalue weighted by Crippen LogP contribution is -2.48. The van der Waals surface area contributed by atoms with Gasteiger partial charge in [-0.25, -0.2) is 0 Å². The number of carbonyl (C=O) groups is 2. The van der Waals surface area contributed by atoms with E-state index in [2.05, 4.69) is 10.3 Å². The van der Waals surface area contributed by atoms with Crippen LogP contribution < -0.4 is 5.32 Å². The summed E-state index contributed by atoms with van der Waals surface area (Å²) in [6, 6.07) is 8.52. The van der Waals surface area contributed by atoms with Gasteiger partial charge in [-0.2, -0.15) is 13.2 Å². The predicted octanol–water partition coefficient (Wildman–Crippen LogP) is 2.56. The lowest BCUT2D eigenvalue weighted by Gasteiger charge is -2.35. The molecule has 1 aliphatic heterocycles. The highest BCUT2D eigenvalue weighted by molar-refractivity contribution is 5.94. The third kappa shape index (κ3) is 6.03. The number of hydrogen-bond acceptors (Lipinski definition) is 4. The highest BCUT2D eigenvalue weighted by Gasteiger charge is 2.30. The molecule has 0 aliphatic carbocycles. The van der Waals surface area contributed by atoms with Crippen LogP contribution in [0.1, 0.15) is 27.9 Å². The summed E-state index contributed by atoms with van der Waals surface area (Å²) in [5.41, 5.74) is 0.437. The molecule has 30 heavy (non-hydrogen) atoms. The summed E-state index contributed by atoms with van der Waals surface area (Å²) in [6.45, 7) is 2.85. The van der Waals surface area contributed by atoms with Gasteiger partial charge in [0.2, 0.25) is 5.91 Å². The molecular formula is C21H23F3N4O2. The van der Waals surface area contributed by atoms with E-state index in [0.717, 1.165) is 6.07 Å².